The van der Waals surface area contributed by atoms with Crippen LogP contribution in [0.25, 0.3) is 0 Å². The van der Waals surface area contributed by atoms with Crippen molar-refractivity contribution in [2.24, 2.45) is 0 Å². The number of halogens is 1. The van der Waals surface area contributed by atoms with Crippen molar-refractivity contribution in [3.63, 3.8) is 0 Å². The highest BCUT2D eigenvalue weighted by Gasteiger charge is 1.94. The van der Waals surface area contributed by atoms with E-state index in [4.69, 9.17) is 4.74 Å². The average molecular weight is 306 g/mol. The fourth-order valence-corrected chi connectivity index (χ4v) is 2.09. The quantitative estimate of drug-likeness (QED) is 0.812. The summed E-state index contributed by atoms with van der Waals surface area (Å²) in [5.41, 5.74) is 2.31. The van der Waals surface area contributed by atoms with Crippen LogP contribution in [0.3, 0.4) is 0 Å². The normalized spacial score (nSPS) is 10.3. The molecule has 0 heterocycles. The highest BCUT2D eigenvalue weighted by atomic mass is 79.9. The summed E-state index contributed by atoms with van der Waals surface area (Å²) in [5, 5.41) is 3.31. The van der Waals surface area contributed by atoms with Crippen LogP contribution in [-0.4, -0.2) is 13.2 Å². The first-order valence-corrected chi connectivity index (χ1v) is 6.75. The molecule has 0 bridgehead atoms. The summed E-state index contributed by atoms with van der Waals surface area (Å²) in [6.07, 6.45) is 0. The van der Waals surface area contributed by atoms with E-state index in [2.05, 4.69) is 33.4 Å². The van der Waals surface area contributed by atoms with Crippen LogP contribution in [0.15, 0.2) is 59.1 Å². The third-order valence-electron chi connectivity index (χ3n) is 2.51. The highest BCUT2D eigenvalue weighted by Crippen LogP contribution is 2.12. The van der Waals surface area contributed by atoms with Gasteiger partial charge in [0.25, 0.3) is 0 Å². The second-order valence-electron chi connectivity index (χ2n) is 3.98. The van der Waals surface area contributed by atoms with Crippen molar-refractivity contribution in [1.29, 1.82) is 0 Å². The first-order chi connectivity index (χ1) is 8.84. The van der Waals surface area contributed by atoms with Gasteiger partial charge in [-0.3, -0.25) is 0 Å². The number of hydrogen-bond donors (Lipinski definition) is 1. The van der Waals surface area contributed by atoms with Gasteiger partial charge in [-0.2, -0.15) is 0 Å². The number of nitrogens with one attached hydrogen (secondary N) is 1. The van der Waals surface area contributed by atoms with Crippen molar-refractivity contribution in [2.45, 2.75) is 6.61 Å². The maximum atomic E-state index is 5.61. The Bertz CT molecular complexity index is 473. The van der Waals surface area contributed by atoms with Crippen LogP contribution in [0.2, 0.25) is 0 Å². The molecular weight excluding hydrogens is 290 g/mol. The van der Waals surface area contributed by atoms with Gasteiger partial charge in [-0.05, 0) is 29.8 Å². The minimum absolute atomic E-state index is 0.649. The summed E-state index contributed by atoms with van der Waals surface area (Å²) >= 11 is 3.45. The van der Waals surface area contributed by atoms with Gasteiger partial charge in [0.15, 0.2) is 0 Å². The van der Waals surface area contributed by atoms with Crippen LogP contribution in [-0.2, 0) is 11.3 Å². The third-order valence-corrected chi connectivity index (χ3v) is 3.00. The summed E-state index contributed by atoms with van der Waals surface area (Å²) < 4.78 is 6.70. The molecule has 1 N–H and O–H groups in total. The van der Waals surface area contributed by atoms with E-state index in [1.54, 1.807) is 0 Å². The fourth-order valence-electron chi connectivity index (χ4n) is 1.64. The van der Waals surface area contributed by atoms with E-state index in [9.17, 15) is 0 Å². The smallest absolute Gasteiger partial charge is 0.0718 e. The number of para-hydroxylation sites is 1. The van der Waals surface area contributed by atoms with E-state index in [1.165, 1.54) is 5.56 Å². The maximum Gasteiger partial charge on any atom is 0.0718 e. The van der Waals surface area contributed by atoms with Gasteiger partial charge >= 0.3 is 0 Å². The van der Waals surface area contributed by atoms with Crippen molar-refractivity contribution in [2.75, 3.05) is 18.5 Å². The predicted molar refractivity (Wildman–Crippen MR) is 78.7 cm³/mol. The Kier molecular flexibility index (Phi) is 5.24. The number of anilines is 1. The minimum Gasteiger partial charge on any atom is -0.383 e. The number of hydrogen-bond acceptors (Lipinski definition) is 2. The summed E-state index contributed by atoms with van der Waals surface area (Å²) in [4.78, 5) is 0. The molecule has 0 spiro atoms. The Labute approximate surface area is 116 Å². The number of benzene rings is 2. The van der Waals surface area contributed by atoms with Gasteiger partial charge in [-0.1, -0.05) is 46.3 Å². The van der Waals surface area contributed by atoms with Crippen LogP contribution in [0.5, 0.6) is 0 Å². The van der Waals surface area contributed by atoms with Gasteiger partial charge in [0.2, 0.25) is 0 Å². The van der Waals surface area contributed by atoms with Gasteiger partial charge in [0, 0.05) is 16.7 Å². The predicted octanol–water partition coefficient (Wildman–Crippen LogP) is 4.08. The molecule has 0 aliphatic heterocycles. The summed E-state index contributed by atoms with van der Waals surface area (Å²) in [6, 6.07) is 18.3. The van der Waals surface area contributed by atoms with Crippen molar-refractivity contribution in [3.05, 3.63) is 64.6 Å². The molecule has 3 heteroatoms. The molecule has 0 unspecified atom stereocenters. The van der Waals surface area contributed by atoms with E-state index < -0.39 is 0 Å². The van der Waals surface area contributed by atoms with Crippen LogP contribution in [0, 0.1) is 0 Å². The van der Waals surface area contributed by atoms with E-state index >= 15 is 0 Å². The Morgan fingerprint density at radius 1 is 1.00 bits per heavy atom. The summed E-state index contributed by atoms with van der Waals surface area (Å²) in [5.74, 6) is 0. The Morgan fingerprint density at radius 3 is 2.61 bits per heavy atom. The third kappa shape index (κ3) is 4.51. The zero-order valence-electron chi connectivity index (χ0n) is 10.1. The molecule has 2 nitrogen and oxygen atoms in total. The monoisotopic (exact) mass is 305 g/mol. The molecule has 0 amide bonds. The standard InChI is InChI=1S/C15H16BrNO/c16-14-6-4-5-13(11-14)12-18-10-9-17-15-7-2-1-3-8-15/h1-8,11,17H,9-10,12H2. The van der Waals surface area contributed by atoms with E-state index in [0.717, 1.165) is 16.7 Å². The molecule has 2 aromatic carbocycles. The zero-order valence-corrected chi connectivity index (χ0v) is 11.7. The molecule has 2 aromatic rings. The SMILES string of the molecule is Brc1cccc(COCCNc2ccccc2)c1. The lowest BCUT2D eigenvalue weighted by Crippen LogP contribution is -2.09. The first kappa shape index (κ1) is 13.1. The Hall–Kier alpha value is -1.32. The molecule has 0 aliphatic rings. The highest BCUT2D eigenvalue weighted by molar-refractivity contribution is 9.10. The summed E-state index contributed by atoms with van der Waals surface area (Å²) in [6.45, 7) is 2.16. The molecule has 0 fully saturated rings. The molecule has 18 heavy (non-hydrogen) atoms. The topological polar surface area (TPSA) is 21.3 Å². The number of rotatable bonds is 6. The molecule has 0 saturated carbocycles. The van der Waals surface area contributed by atoms with Gasteiger partial charge in [0.05, 0.1) is 13.2 Å². The van der Waals surface area contributed by atoms with Crippen molar-refractivity contribution in [3.8, 4) is 0 Å². The largest absolute Gasteiger partial charge is 0.383 e. The van der Waals surface area contributed by atoms with Crippen LogP contribution < -0.4 is 5.32 Å². The molecule has 0 radical (unpaired) electrons. The van der Waals surface area contributed by atoms with Gasteiger partial charge in [0.1, 0.15) is 0 Å². The molecule has 0 aliphatic carbocycles. The fraction of sp³-hybridized carbons (Fsp3) is 0.200. The molecule has 0 atom stereocenters. The van der Waals surface area contributed by atoms with E-state index in [1.807, 2.05) is 42.5 Å². The molecular formula is C15H16BrNO. The van der Waals surface area contributed by atoms with Crippen molar-refractivity contribution >= 4 is 21.6 Å². The summed E-state index contributed by atoms with van der Waals surface area (Å²) in [7, 11) is 0. The molecule has 0 aromatic heterocycles. The second kappa shape index (κ2) is 7.19. The van der Waals surface area contributed by atoms with Crippen molar-refractivity contribution < 1.29 is 4.74 Å². The number of ether oxygens (including phenoxy) is 1. The second-order valence-corrected chi connectivity index (χ2v) is 4.89. The van der Waals surface area contributed by atoms with Crippen LogP contribution in [0.4, 0.5) is 5.69 Å². The lowest BCUT2D eigenvalue weighted by molar-refractivity contribution is 0.130. The zero-order chi connectivity index (χ0) is 12.6. The van der Waals surface area contributed by atoms with Crippen LogP contribution in [0.1, 0.15) is 5.56 Å². The van der Waals surface area contributed by atoms with Gasteiger partial charge in [-0.25, -0.2) is 0 Å². The average Bonchev–Trinajstić information content (AvgIpc) is 2.40. The molecule has 0 saturated heterocycles. The van der Waals surface area contributed by atoms with E-state index in [-0.39, 0.29) is 0 Å². The van der Waals surface area contributed by atoms with Crippen LogP contribution >= 0.6 is 15.9 Å². The van der Waals surface area contributed by atoms with Gasteiger partial charge < -0.3 is 10.1 Å². The lowest BCUT2D eigenvalue weighted by atomic mass is 10.2. The first-order valence-electron chi connectivity index (χ1n) is 5.96. The minimum atomic E-state index is 0.649. The van der Waals surface area contributed by atoms with Crippen molar-refractivity contribution in [1.82, 2.24) is 0 Å². The molecule has 2 rings (SSSR count). The maximum absolute atomic E-state index is 5.61. The van der Waals surface area contributed by atoms with Gasteiger partial charge in [-0.15, -0.1) is 0 Å². The lowest BCUT2D eigenvalue weighted by Gasteiger charge is -2.07. The molecule has 94 valence electrons. The Balaban J connectivity index is 1.65. The van der Waals surface area contributed by atoms with E-state index in [0.29, 0.717) is 13.2 Å². The Morgan fingerprint density at radius 2 is 1.83 bits per heavy atom.